The van der Waals surface area contributed by atoms with Crippen molar-refractivity contribution in [2.24, 2.45) is 5.92 Å². The lowest BCUT2D eigenvalue weighted by Gasteiger charge is -2.44. The van der Waals surface area contributed by atoms with Crippen LogP contribution in [0.4, 0.5) is 0 Å². The second-order valence-electron chi connectivity index (χ2n) is 11.2. The third kappa shape index (κ3) is 6.54. The summed E-state index contributed by atoms with van der Waals surface area (Å²) in [6, 6.07) is 20.2. The summed E-state index contributed by atoms with van der Waals surface area (Å²) >= 11 is 0. The minimum Gasteiger partial charge on any atom is -0.497 e. The summed E-state index contributed by atoms with van der Waals surface area (Å²) in [5.41, 5.74) is 4.44. The molecule has 36 heavy (non-hydrogen) atoms. The van der Waals surface area contributed by atoms with Gasteiger partial charge in [-0.15, -0.1) is 0 Å². The Morgan fingerprint density at radius 2 is 1.67 bits per heavy atom. The van der Waals surface area contributed by atoms with Crippen LogP contribution in [0.25, 0.3) is 0 Å². The molecule has 2 atom stereocenters. The van der Waals surface area contributed by atoms with Crippen molar-refractivity contribution in [1.29, 1.82) is 0 Å². The Kier molecular flexibility index (Phi) is 9.92. The third-order valence-electron chi connectivity index (χ3n) is 8.38. The summed E-state index contributed by atoms with van der Waals surface area (Å²) in [4.78, 5) is 2.82. The fourth-order valence-corrected chi connectivity index (χ4v) is 6.65. The minimum atomic E-state index is 0.350. The lowest BCUT2D eigenvalue weighted by molar-refractivity contribution is -0.929. The van der Waals surface area contributed by atoms with E-state index in [2.05, 4.69) is 79.5 Å². The first-order valence-electron chi connectivity index (χ1n) is 14.7. The van der Waals surface area contributed by atoms with Crippen molar-refractivity contribution < 1.29 is 9.22 Å². The molecule has 0 radical (unpaired) electrons. The summed E-state index contributed by atoms with van der Waals surface area (Å²) in [5.74, 6) is 1.77. The van der Waals surface area contributed by atoms with Gasteiger partial charge in [0.05, 0.1) is 19.4 Å². The molecule has 0 saturated heterocycles. The highest BCUT2D eigenvalue weighted by Gasteiger charge is 2.48. The molecule has 2 aliphatic rings. The molecule has 3 nitrogen and oxygen atoms in total. The van der Waals surface area contributed by atoms with Gasteiger partial charge in [0.2, 0.25) is 0 Å². The van der Waals surface area contributed by atoms with Crippen LogP contribution in [-0.2, 0) is 6.54 Å². The average molecular weight is 490 g/mol. The fourth-order valence-electron chi connectivity index (χ4n) is 6.65. The first kappa shape index (κ1) is 26.8. The molecule has 0 spiro atoms. The maximum Gasteiger partial charge on any atom is 0.195 e. The summed E-state index contributed by atoms with van der Waals surface area (Å²) in [6.07, 6.45) is 17.6. The number of rotatable bonds is 13. The average Bonchev–Trinajstić information content (AvgIpc) is 3.20. The van der Waals surface area contributed by atoms with Crippen LogP contribution >= 0.6 is 0 Å². The van der Waals surface area contributed by atoms with Crippen LogP contribution in [0.15, 0.2) is 66.5 Å². The van der Waals surface area contributed by atoms with Gasteiger partial charge in [0.25, 0.3) is 0 Å². The Morgan fingerprint density at radius 1 is 0.889 bits per heavy atom. The number of allylic oxidation sites excluding steroid dienone is 1. The van der Waals surface area contributed by atoms with Crippen LogP contribution in [0, 0.1) is 5.92 Å². The molecule has 0 amide bonds. The topological polar surface area (TPSA) is 12.5 Å². The summed E-state index contributed by atoms with van der Waals surface area (Å²) in [6.45, 7) is 8.05. The SMILES string of the molecule is CCCCCC1=C[N+](Cc2cccc(OC)c2)(CC2CCCCC2)C(c2ccccc2)N1CCCC. The molecule has 4 rings (SSSR count). The number of benzene rings is 2. The van der Waals surface area contributed by atoms with Crippen molar-refractivity contribution in [3.8, 4) is 5.75 Å². The van der Waals surface area contributed by atoms with Gasteiger partial charge in [-0.25, -0.2) is 0 Å². The van der Waals surface area contributed by atoms with Crippen LogP contribution in [0.1, 0.15) is 102 Å². The minimum absolute atomic E-state index is 0.350. The predicted molar refractivity (Wildman–Crippen MR) is 151 cm³/mol. The number of unbranched alkanes of at least 4 members (excludes halogenated alkanes) is 3. The van der Waals surface area contributed by atoms with Crippen LogP contribution in [-0.4, -0.2) is 29.6 Å². The van der Waals surface area contributed by atoms with Gasteiger partial charge in [0.1, 0.15) is 18.5 Å². The molecular formula is C33H49N2O+. The number of nitrogens with zero attached hydrogens (tertiary/aromatic N) is 2. The van der Waals surface area contributed by atoms with Gasteiger partial charge in [-0.05, 0) is 44.2 Å². The van der Waals surface area contributed by atoms with Crippen LogP contribution < -0.4 is 4.74 Å². The summed E-state index contributed by atoms with van der Waals surface area (Å²) in [7, 11) is 1.78. The van der Waals surface area contributed by atoms with Gasteiger partial charge in [-0.1, -0.05) is 94.8 Å². The molecule has 1 aliphatic carbocycles. The van der Waals surface area contributed by atoms with E-state index >= 15 is 0 Å². The lowest BCUT2D eigenvalue weighted by Crippen LogP contribution is -2.50. The van der Waals surface area contributed by atoms with Gasteiger partial charge < -0.3 is 9.64 Å². The molecule has 2 aromatic rings. The Balaban J connectivity index is 1.80. The smallest absolute Gasteiger partial charge is 0.195 e. The number of ether oxygens (including phenoxy) is 1. The molecule has 1 aliphatic heterocycles. The zero-order valence-electron chi connectivity index (χ0n) is 23.1. The van der Waals surface area contributed by atoms with E-state index in [4.69, 9.17) is 4.74 Å². The molecule has 1 heterocycles. The maximum atomic E-state index is 5.64. The molecule has 2 unspecified atom stereocenters. The molecule has 196 valence electrons. The van der Waals surface area contributed by atoms with Gasteiger partial charge >= 0.3 is 0 Å². The number of methoxy groups -OCH3 is 1. The molecule has 2 aromatic carbocycles. The standard InChI is InChI=1S/C33H49N2O/c1-4-6-10-21-31-27-35(25-28-16-11-8-12-17-28,26-29-18-15-22-32(24-29)36-3)33(34(31)23-7-5-2)30-19-13-9-14-20-30/h9,13-15,18-20,22,24,27-28,33H,4-8,10-12,16-17,21,23,25-26H2,1-3H3/q+1. The number of hydrogen-bond donors (Lipinski definition) is 0. The second kappa shape index (κ2) is 13.3. The second-order valence-corrected chi connectivity index (χ2v) is 11.2. The Labute approximate surface area is 220 Å². The third-order valence-corrected chi connectivity index (χ3v) is 8.38. The van der Waals surface area contributed by atoms with E-state index in [1.807, 2.05) is 0 Å². The van der Waals surface area contributed by atoms with Crippen molar-refractivity contribution in [1.82, 2.24) is 4.90 Å². The zero-order chi connectivity index (χ0) is 25.2. The highest BCUT2D eigenvalue weighted by molar-refractivity contribution is 5.29. The normalized spacial score (nSPS) is 22.6. The molecule has 0 N–H and O–H groups in total. The molecule has 1 fully saturated rings. The van der Waals surface area contributed by atoms with Crippen LogP contribution in [0.2, 0.25) is 0 Å². The molecule has 1 saturated carbocycles. The Bertz CT molecular complexity index is 949. The van der Waals surface area contributed by atoms with E-state index in [1.54, 1.807) is 12.8 Å². The van der Waals surface area contributed by atoms with E-state index in [1.165, 1.54) is 88.3 Å². The fraction of sp³-hybridized carbons (Fsp3) is 0.576. The Hall–Kier alpha value is -2.26. The zero-order valence-corrected chi connectivity index (χ0v) is 23.1. The van der Waals surface area contributed by atoms with E-state index < -0.39 is 0 Å². The highest BCUT2D eigenvalue weighted by atomic mass is 16.5. The van der Waals surface area contributed by atoms with Gasteiger partial charge in [-0.3, -0.25) is 4.48 Å². The van der Waals surface area contributed by atoms with Crippen molar-refractivity contribution in [3.63, 3.8) is 0 Å². The van der Waals surface area contributed by atoms with Gasteiger partial charge in [0, 0.05) is 23.6 Å². The molecule has 0 aromatic heterocycles. The maximum absolute atomic E-state index is 5.64. The number of hydrogen-bond acceptors (Lipinski definition) is 2. The lowest BCUT2D eigenvalue weighted by atomic mass is 9.87. The molecular weight excluding hydrogens is 440 g/mol. The van der Waals surface area contributed by atoms with Crippen molar-refractivity contribution in [3.05, 3.63) is 77.6 Å². The van der Waals surface area contributed by atoms with E-state index in [9.17, 15) is 0 Å². The van der Waals surface area contributed by atoms with E-state index in [-0.39, 0.29) is 0 Å². The van der Waals surface area contributed by atoms with Crippen LogP contribution in [0.3, 0.4) is 0 Å². The summed E-state index contributed by atoms with van der Waals surface area (Å²) in [5, 5.41) is 0. The van der Waals surface area contributed by atoms with Crippen LogP contribution in [0.5, 0.6) is 5.75 Å². The highest BCUT2D eigenvalue weighted by Crippen LogP contribution is 2.46. The number of quaternary nitrogens is 1. The molecule has 3 heteroatoms. The van der Waals surface area contributed by atoms with E-state index in [0.717, 1.165) is 29.2 Å². The first-order valence-corrected chi connectivity index (χ1v) is 14.7. The predicted octanol–water partition coefficient (Wildman–Crippen LogP) is 8.83. The largest absolute Gasteiger partial charge is 0.497 e. The van der Waals surface area contributed by atoms with Gasteiger partial charge in [-0.2, -0.15) is 0 Å². The monoisotopic (exact) mass is 489 g/mol. The van der Waals surface area contributed by atoms with Crippen molar-refractivity contribution in [2.45, 2.75) is 97.2 Å². The quantitative estimate of drug-likeness (QED) is 0.206. The van der Waals surface area contributed by atoms with Gasteiger partial charge in [0.15, 0.2) is 6.17 Å². The van der Waals surface area contributed by atoms with Crippen molar-refractivity contribution >= 4 is 0 Å². The van der Waals surface area contributed by atoms with Crippen molar-refractivity contribution in [2.75, 3.05) is 20.2 Å². The molecule has 0 bridgehead atoms. The first-order chi connectivity index (χ1) is 17.7. The Morgan fingerprint density at radius 3 is 2.39 bits per heavy atom. The summed E-state index contributed by atoms with van der Waals surface area (Å²) < 4.78 is 6.66. The van der Waals surface area contributed by atoms with E-state index in [0.29, 0.717) is 6.17 Å².